The molecule has 0 aromatic heterocycles. The molecular weight excluding hydrogens is 200 g/mol. The van der Waals surface area contributed by atoms with Crippen LogP contribution in [0, 0.1) is 18.3 Å². The molecule has 1 N–H and O–H groups in total. The predicted octanol–water partition coefficient (Wildman–Crippen LogP) is 2.04. The average molecular weight is 214 g/mol. The first-order valence-electron chi connectivity index (χ1n) is 5.03. The quantitative estimate of drug-likeness (QED) is 0.783. The molecule has 0 saturated heterocycles. The summed E-state index contributed by atoms with van der Waals surface area (Å²) < 4.78 is 0. The minimum Gasteiger partial charge on any atom is -0.352 e. The van der Waals surface area contributed by atoms with Gasteiger partial charge in [-0.15, -0.1) is 0 Å². The summed E-state index contributed by atoms with van der Waals surface area (Å²) >= 11 is 0. The molecule has 0 unspecified atom stereocenters. The molecule has 0 fully saturated rings. The van der Waals surface area contributed by atoms with E-state index in [0.29, 0.717) is 5.57 Å². The van der Waals surface area contributed by atoms with Crippen LogP contribution in [0.2, 0.25) is 0 Å². The maximum atomic E-state index is 10.7. The molecule has 1 aromatic carbocycles. The smallest absolute Gasteiger partial charge is 0.217 e. The number of rotatable bonds is 3. The first kappa shape index (κ1) is 12.0. The van der Waals surface area contributed by atoms with Crippen LogP contribution in [0.3, 0.4) is 0 Å². The molecule has 0 spiro atoms. The maximum absolute atomic E-state index is 10.7. The van der Waals surface area contributed by atoms with Gasteiger partial charge in [0.1, 0.15) is 0 Å². The van der Waals surface area contributed by atoms with Crippen LogP contribution in [0.25, 0.3) is 6.08 Å². The molecule has 1 aromatic rings. The van der Waals surface area contributed by atoms with Crippen LogP contribution in [0.15, 0.2) is 29.8 Å². The molecule has 3 nitrogen and oxygen atoms in total. The zero-order valence-electron chi connectivity index (χ0n) is 9.45. The Hall–Kier alpha value is -2.08. The summed E-state index contributed by atoms with van der Waals surface area (Å²) in [6.07, 6.45) is 1.77. The molecule has 16 heavy (non-hydrogen) atoms. The van der Waals surface area contributed by atoms with E-state index in [9.17, 15) is 4.79 Å². The Morgan fingerprint density at radius 1 is 1.44 bits per heavy atom. The van der Waals surface area contributed by atoms with Gasteiger partial charge in [-0.2, -0.15) is 5.26 Å². The second-order valence-corrected chi connectivity index (χ2v) is 3.60. The van der Waals surface area contributed by atoms with E-state index in [4.69, 9.17) is 5.26 Å². The lowest BCUT2D eigenvalue weighted by Crippen LogP contribution is -2.21. The molecule has 0 radical (unpaired) electrons. The third-order valence-corrected chi connectivity index (χ3v) is 2.09. The number of benzene rings is 1. The molecule has 0 bridgehead atoms. The first-order chi connectivity index (χ1) is 7.61. The predicted molar refractivity (Wildman–Crippen MR) is 63.5 cm³/mol. The Morgan fingerprint density at radius 3 is 2.56 bits per heavy atom. The van der Waals surface area contributed by atoms with Crippen LogP contribution in [-0.2, 0) is 4.79 Å². The minimum absolute atomic E-state index is 0.134. The highest BCUT2D eigenvalue weighted by atomic mass is 16.1. The molecule has 0 aliphatic carbocycles. The van der Waals surface area contributed by atoms with Gasteiger partial charge in [-0.3, -0.25) is 4.79 Å². The minimum atomic E-state index is -0.134. The van der Waals surface area contributed by atoms with E-state index in [1.807, 2.05) is 31.2 Å². The van der Waals surface area contributed by atoms with Crippen LogP contribution in [0.5, 0.6) is 0 Å². The highest BCUT2D eigenvalue weighted by Crippen LogP contribution is 2.07. The molecule has 0 aliphatic rings. The van der Waals surface area contributed by atoms with Crippen molar-refractivity contribution in [2.24, 2.45) is 0 Å². The Balaban J connectivity index is 2.76. The molecule has 0 heterocycles. The Bertz CT molecular complexity index is 438. The topological polar surface area (TPSA) is 52.9 Å². The lowest BCUT2D eigenvalue weighted by Gasteiger charge is -2.00. The number of amides is 1. The summed E-state index contributed by atoms with van der Waals surface area (Å²) in [5.41, 5.74) is 2.68. The van der Waals surface area contributed by atoms with Crippen LogP contribution in [-0.4, -0.2) is 12.5 Å². The number of hydrogen-bond donors (Lipinski definition) is 1. The lowest BCUT2D eigenvalue weighted by molar-refractivity contribution is -0.118. The van der Waals surface area contributed by atoms with Crippen molar-refractivity contribution in [3.05, 3.63) is 41.0 Å². The third kappa shape index (κ3) is 3.97. The van der Waals surface area contributed by atoms with Crippen molar-refractivity contribution >= 4 is 12.0 Å². The van der Waals surface area contributed by atoms with Gasteiger partial charge >= 0.3 is 0 Å². The standard InChI is InChI=1S/C13H14N2O/c1-10-3-5-12(6-4-10)7-13(8-14)9-15-11(2)16/h3-7H,9H2,1-2H3,(H,15,16)/b13-7+. The lowest BCUT2D eigenvalue weighted by atomic mass is 10.1. The normalized spacial score (nSPS) is 10.7. The summed E-state index contributed by atoms with van der Waals surface area (Å²) in [5, 5.41) is 11.5. The summed E-state index contributed by atoms with van der Waals surface area (Å²) in [6.45, 7) is 3.72. The third-order valence-electron chi connectivity index (χ3n) is 2.09. The van der Waals surface area contributed by atoms with E-state index in [1.54, 1.807) is 6.08 Å². The number of nitrogens with zero attached hydrogens (tertiary/aromatic N) is 1. The number of nitriles is 1. The fraction of sp³-hybridized carbons (Fsp3) is 0.231. The van der Waals surface area contributed by atoms with E-state index in [-0.39, 0.29) is 12.5 Å². The van der Waals surface area contributed by atoms with Crippen LogP contribution in [0.1, 0.15) is 18.1 Å². The average Bonchev–Trinajstić information content (AvgIpc) is 2.26. The SMILES string of the molecule is CC(=O)NC/C(C#N)=C/c1ccc(C)cc1. The Labute approximate surface area is 95.4 Å². The van der Waals surface area contributed by atoms with Crippen molar-refractivity contribution in [1.82, 2.24) is 5.32 Å². The Morgan fingerprint density at radius 2 is 2.06 bits per heavy atom. The molecule has 0 aliphatic heterocycles. The summed E-state index contributed by atoms with van der Waals surface area (Å²) in [4.78, 5) is 10.7. The van der Waals surface area contributed by atoms with E-state index >= 15 is 0 Å². The second kappa shape index (κ2) is 5.72. The van der Waals surface area contributed by atoms with Gasteiger partial charge in [0.15, 0.2) is 0 Å². The zero-order chi connectivity index (χ0) is 12.0. The van der Waals surface area contributed by atoms with Crippen LogP contribution in [0.4, 0.5) is 0 Å². The van der Waals surface area contributed by atoms with Gasteiger partial charge in [0, 0.05) is 12.5 Å². The highest BCUT2D eigenvalue weighted by Gasteiger charge is 1.97. The fourth-order valence-corrected chi connectivity index (χ4v) is 1.21. The van der Waals surface area contributed by atoms with Crippen molar-refractivity contribution in [1.29, 1.82) is 5.26 Å². The van der Waals surface area contributed by atoms with Crippen molar-refractivity contribution in [2.75, 3.05) is 6.54 Å². The summed E-state index contributed by atoms with van der Waals surface area (Å²) in [5.74, 6) is -0.134. The highest BCUT2D eigenvalue weighted by molar-refractivity contribution is 5.73. The first-order valence-corrected chi connectivity index (χ1v) is 5.03. The fourth-order valence-electron chi connectivity index (χ4n) is 1.21. The number of carbonyl (C=O) groups is 1. The van der Waals surface area contributed by atoms with E-state index in [1.165, 1.54) is 12.5 Å². The second-order valence-electron chi connectivity index (χ2n) is 3.60. The van der Waals surface area contributed by atoms with Crippen molar-refractivity contribution in [2.45, 2.75) is 13.8 Å². The summed E-state index contributed by atoms with van der Waals surface area (Å²) in [6, 6.07) is 9.93. The van der Waals surface area contributed by atoms with Gasteiger partial charge in [0.2, 0.25) is 5.91 Å². The summed E-state index contributed by atoms with van der Waals surface area (Å²) in [7, 11) is 0. The van der Waals surface area contributed by atoms with Crippen molar-refractivity contribution in [3.63, 3.8) is 0 Å². The molecule has 82 valence electrons. The van der Waals surface area contributed by atoms with Gasteiger partial charge in [-0.05, 0) is 18.6 Å². The number of nitrogens with one attached hydrogen (secondary N) is 1. The van der Waals surface area contributed by atoms with E-state index < -0.39 is 0 Å². The number of aryl methyl sites for hydroxylation is 1. The maximum Gasteiger partial charge on any atom is 0.217 e. The molecule has 1 rings (SSSR count). The van der Waals surface area contributed by atoms with Gasteiger partial charge in [-0.1, -0.05) is 29.8 Å². The van der Waals surface area contributed by atoms with Gasteiger partial charge in [-0.25, -0.2) is 0 Å². The van der Waals surface area contributed by atoms with Gasteiger partial charge < -0.3 is 5.32 Å². The van der Waals surface area contributed by atoms with E-state index in [0.717, 1.165) is 5.56 Å². The number of hydrogen-bond acceptors (Lipinski definition) is 2. The molecule has 0 saturated carbocycles. The number of carbonyl (C=O) groups excluding carboxylic acids is 1. The largest absolute Gasteiger partial charge is 0.352 e. The molecular formula is C13H14N2O. The van der Waals surface area contributed by atoms with Crippen molar-refractivity contribution in [3.8, 4) is 6.07 Å². The Kier molecular flexibility index (Phi) is 4.28. The van der Waals surface area contributed by atoms with Crippen LogP contribution >= 0.6 is 0 Å². The zero-order valence-corrected chi connectivity index (χ0v) is 9.45. The monoisotopic (exact) mass is 214 g/mol. The van der Waals surface area contributed by atoms with Gasteiger partial charge in [0.05, 0.1) is 12.6 Å². The van der Waals surface area contributed by atoms with Crippen molar-refractivity contribution < 1.29 is 4.79 Å². The van der Waals surface area contributed by atoms with E-state index in [2.05, 4.69) is 11.4 Å². The molecule has 0 atom stereocenters. The van der Waals surface area contributed by atoms with Gasteiger partial charge in [0.25, 0.3) is 0 Å². The molecule has 3 heteroatoms. The molecule has 1 amide bonds. The van der Waals surface area contributed by atoms with Crippen LogP contribution < -0.4 is 5.32 Å².